The molecule has 1 nitrogen and oxygen atoms in total. The van der Waals surface area contributed by atoms with Gasteiger partial charge in [0.1, 0.15) is 0 Å². The Balaban J connectivity index is 2.37. The minimum absolute atomic E-state index is 0.415. The molecule has 0 bridgehead atoms. The van der Waals surface area contributed by atoms with Crippen LogP contribution in [0.3, 0.4) is 0 Å². The normalized spacial score (nSPS) is 20.3. The highest BCUT2D eigenvalue weighted by molar-refractivity contribution is 7.15. The highest BCUT2D eigenvalue weighted by Crippen LogP contribution is 2.39. The Morgan fingerprint density at radius 1 is 1.45 bits per heavy atom. The lowest BCUT2D eigenvalue weighted by Crippen LogP contribution is -2.10. The zero-order valence-electron chi connectivity index (χ0n) is 6.65. The van der Waals surface area contributed by atoms with Gasteiger partial charge in [-0.05, 0) is 18.3 Å². The SMILES string of the molecule is CC1(C)Cc2nc(Cl)sc2C1. The minimum Gasteiger partial charge on any atom is -0.230 e. The molecule has 11 heavy (non-hydrogen) atoms. The van der Waals surface area contributed by atoms with Gasteiger partial charge in [-0.2, -0.15) is 0 Å². The van der Waals surface area contributed by atoms with Crippen LogP contribution in [0.4, 0.5) is 0 Å². The summed E-state index contributed by atoms with van der Waals surface area (Å²) in [7, 11) is 0. The van der Waals surface area contributed by atoms with Crippen molar-refractivity contribution in [2.45, 2.75) is 26.7 Å². The van der Waals surface area contributed by atoms with Gasteiger partial charge in [0.15, 0.2) is 4.47 Å². The van der Waals surface area contributed by atoms with Gasteiger partial charge in [-0.3, -0.25) is 0 Å². The van der Waals surface area contributed by atoms with Crippen LogP contribution in [-0.4, -0.2) is 4.98 Å². The van der Waals surface area contributed by atoms with Gasteiger partial charge in [0.25, 0.3) is 0 Å². The van der Waals surface area contributed by atoms with Gasteiger partial charge in [-0.1, -0.05) is 25.4 Å². The van der Waals surface area contributed by atoms with E-state index in [1.807, 2.05) is 0 Å². The van der Waals surface area contributed by atoms with Crippen molar-refractivity contribution in [2.24, 2.45) is 5.41 Å². The van der Waals surface area contributed by atoms with Crippen molar-refractivity contribution in [1.29, 1.82) is 0 Å². The topological polar surface area (TPSA) is 12.9 Å². The molecule has 1 aromatic rings. The molecule has 1 aliphatic rings. The van der Waals surface area contributed by atoms with E-state index in [-0.39, 0.29) is 0 Å². The molecule has 0 aromatic carbocycles. The largest absolute Gasteiger partial charge is 0.230 e. The summed E-state index contributed by atoms with van der Waals surface area (Å²) in [5, 5.41) is 0. The fourth-order valence-electron chi connectivity index (χ4n) is 1.58. The van der Waals surface area contributed by atoms with E-state index >= 15 is 0 Å². The van der Waals surface area contributed by atoms with Gasteiger partial charge in [-0.15, -0.1) is 11.3 Å². The lowest BCUT2D eigenvalue weighted by molar-refractivity contribution is 0.391. The van der Waals surface area contributed by atoms with Crippen molar-refractivity contribution in [3.8, 4) is 0 Å². The van der Waals surface area contributed by atoms with Gasteiger partial charge in [0.05, 0.1) is 5.69 Å². The van der Waals surface area contributed by atoms with Crippen molar-refractivity contribution in [1.82, 2.24) is 4.98 Å². The van der Waals surface area contributed by atoms with Crippen LogP contribution >= 0.6 is 22.9 Å². The summed E-state index contributed by atoms with van der Waals surface area (Å²) in [5.74, 6) is 0. The summed E-state index contributed by atoms with van der Waals surface area (Å²) in [6, 6.07) is 0. The molecule has 1 heterocycles. The minimum atomic E-state index is 0.415. The maximum Gasteiger partial charge on any atom is 0.184 e. The van der Waals surface area contributed by atoms with E-state index in [0.717, 1.165) is 12.8 Å². The zero-order valence-corrected chi connectivity index (χ0v) is 8.22. The number of halogens is 1. The molecule has 2 rings (SSSR count). The fourth-order valence-corrected chi connectivity index (χ4v) is 3.02. The monoisotopic (exact) mass is 187 g/mol. The Labute approximate surface area is 75.4 Å². The number of hydrogen-bond acceptors (Lipinski definition) is 2. The first-order valence-electron chi connectivity index (χ1n) is 3.71. The lowest BCUT2D eigenvalue weighted by Gasteiger charge is -2.14. The maximum absolute atomic E-state index is 5.78. The second-order valence-electron chi connectivity index (χ2n) is 3.85. The summed E-state index contributed by atoms with van der Waals surface area (Å²) < 4.78 is 0.700. The van der Waals surface area contributed by atoms with Gasteiger partial charge in [0.2, 0.25) is 0 Å². The summed E-state index contributed by atoms with van der Waals surface area (Å²) >= 11 is 7.41. The van der Waals surface area contributed by atoms with Crippen LogP contribution in [0.5, 0.6) is 0 Å². The third kappa shape index (κ3) is 1.30. The molecule has 0 unspecified atom stereocenters. The predicted molar refractivity (Wildman–Crippen MR) is 48.3 cm³/mol. The van der Waals surface area contributed by atoms with E-state index in [1.165, 1.54) is 10.6 Å². The molecular formula is C8H10ClNS. The first-order chi connectivity index (χ1) is 5.07. The third-order valence-electron chi connectivity index (χ3n) is 2.04. The summed E-state index contributed by atoms with van der Waals surface area (Å²) in [4.78, 5) is 5.66. The summed E-state index contributed by atoms with van der Waals surface area (Å²) in [6.07, 6.45) is 2.23. The molecule has 3 heteroatoms. The highest BCUT2D eigenvalue weighted by Gasteiger charge is 2.31. The number of rotatable bonds is 0. The smallest absolute Gasteiger partial charge is 0.184 e. The van der Waals surface area contributed by atoms with Crippen LogP contribution in [0.2, 0.25) is 4.47 Å². The van der Waals surface area contributed by atoms with Crippen molar-refractivity contribution in [3.63, 3.8) is 0 Å². The average molecular weight is 188 g/mol. The highest BCUT2D eigenvalue weighted by atomic mass is 35.5. The molecule has 0 fully saturated rings. The Bertz CT molecular complexity index is 265. The van der Waals surface area contributed by atoms with E-state index in [2.05, 4.69) is 18.8 Å². The van der Waals surface area contributed by atoms with E-state index in [0.29, 0.717) is 9.88 Å². The maximum atomic E-state index is 5.78. The molecule has 0 radical (unpaired) electrons. The van der Waals surface area contributed by atoms with Crippen molar-refractivity contribution in [2.75, 3.05) is 0 Å². The third-order valence-corrected chi connectivity index (χ3v) is 3.24. The second-order valence-corrected chi connectivity index (χ2v) is 5.52. The molecule has 0 saturated heterocycles. The number of hydrogen-bond donors (Lipinski definition) is 0. The van der Waals surface area contributed by atoms with Crippen molar-refractivity contribution < 1.29 is 0 Å². The number of aromatic nitrogens is 1. The lowest BCUT2D eigenvalue weighted by atomic mass is 9.91. The number of fused-ring (bicyclic) bond motifs is 1. The molecule has 1 aromatic heterocycles. The molecule has 0 N–H and O–H groups in total. The Morgan fingerprint density at radius 3 is 2.82 bits per heavy atom. The molecule has 0 spiro atoms. The van der Waals surface area contributed by atoms with Gasteiger partial charge in [-0.25, -0.2) is 4.98 Å². The number of nitrogens with zero attached hydrogens (tertiary/aromatic N) is 1. The van der Waals surface area contributed by atoms with Crippen molar-refractivity contribution in [3.05, 3.63) is 15.0 Å². The first kappa shape index (κ1) is 7.56. The number of thiazole rings is 1. The van der Waals surface area contributed by atoms with Gasteiger partial charge >= 0.3 is 0 Å². The standard InChI is InChI=1S/C8H10ClNS/c1-8(2)3-5-6(4-8)11-7(9)10-5/h3-4H2,1-2H3. The first-order valence-corrected chi connectivity index (χ1v) is 4.90. The quantitative estimate of drug-likeness (QED) is 0.609. The average Bonchev–Trinajstić information content (AvgIpc) is 2.17. The van der Waals surface area contributed by atoms with Crippen LogP contribution in [0.15, 0.2) is 0 Å². The van der Waals surface area contributed by atoms with Gasteiger partial charge in [0, 0.05) is 4.88 Å². The molecule has 0 amide bonds. The molecule has 60 valence electrons. The molecule has 0 atom stereocenters. The molecular weight excluding hydrogens is 178 g/mol. The van der Waals surface area contributed by atoms with Crippen LogP contribution in [-0.2, 0) is 12.8 Å². The Hall–Kier alpha value is -0.0800. The van der Waals surface area contributed by atoms with Gasteiger partial charge < -0.3 is 0 Å². The van der Waals surface area contributed by atoms with Crippen LogP contribution in [0.1, 0.15) is 24.4 Å². The second kappa shape index (κ2) is 2.20. The summed E-state index contributed by atoms with van der Waals surface area (Å²) in [6.45, 7) is 4.55. The Morgan fingerprint density at radius 2 is 2.18 bits per heavy atom. The van der Waals surface area contributed by atoms with E-state index < -0.39 is 0 Å². The zero-order chi connectivity index (χ0) is 8.06. The predicted octanol–water partition coefficient (Wildman–Crippen LogP) is 2.92. The van der Waals surface area contributed by atoms with E-state index in [4.69, 9.17) is 11.6 Å². The molecule has 0 aliphatic heterocycles. The van der Waals surface area contributed by atoms with E-state index in [9.17, 15) is 0 Å². The van der Waals surface area contributed by atoms with Crippen molar-refractivity contribution >= 4 is 22.9 Å². The Kier molecular flexibility index (Phi) is 1.52. The van der Waals surface area contributed by atoms with Crippen LogP contribution < -0.4 is 0 Å². The van der Waals surface area contributed by atoms with E-state index in [1.54, 1.807) is 11.3 Å². The van der Waals surface area contributed by atoms with Crippen LogP contribution in [0.25, 0.3) is 0 Å². The molecule has 1 aliphatic carbocycles. The molecule has 0 saturated carbocycles. The summed E-state index contributed by atoms with van der Waals surface area (Å²) in [5.41, 5.74) is 1.64. The fraction of sp³-hybridized carbons (Fsp3) is 0.625. The van der Waals surface area contributed by atoms with Crippen LogP contribution in [0, 0.1) is 5.41 Å².